The highest BCUT2D eigenvalue weighted by molar-refractivity contribution is 7.15. The Bertz CT molecular complexity index is 776. The number of thiazole rings is 1. The topological polar surface area (TPSA) is 66.6 Å². The van der Waals surface area contributed by atoms with Crippen LogP contribution < -0.4 is 5.32 Å². The molecular weight excluding hydrogens is 300 g/mol. The maximum absolute atomic E-state index is 13.5. The van der Waals surface area contributed by atoms with Crippen LogP contribution in [-0.2, 0) is 6.54 Å². The predicted molar refractivity (Wildman–Crippen MR) is 72.3 cm³/mol. The lowest BCUT2D eigenvalue weighted by molar-refractivity contribution is 0.0943. The largest absolute Gasteiger partial charge is 0.507 e. The quantitative estimate of drug-likeness (QED) is 0.780. The van der Waals surface area contributed by atoms with Gasteiger partial charge in [0.05, 0.1) is 12.2 Å². The van der Waals surface area contributed by atoms with Crippen LogP contribution in [0, 0.1) is 11.6 Å². The number of carbonyl (C=O) groups is 1. The summed E-state index contributed by atoms with van der Waals surface area (Å²) in [6.07, 6.45) is 3.55. The molecule has 0 saturated carbocycles. The first-order chi connectivity index (χ1) is 10.0. The Hall–Kier alpha value is -2.48. The van der Waals surface area contributed by atoms with Gasteiger partial charge < -0.3 is 10.4 Å². The van der Waals surface area contributed by atoms with Crippen LogP contribution in [0.4, 0.5) is 8.78 Å². The summed E-state index contributed by atoms with van der Waals surface area (Å²) in [6.45, 7) is 0.0729. The van der Waals surface area contributed by atoms with Gasteiger partial charge in [-0.3, -0.25) is 9.20 Å². The minimum Gasteiger partial charge on any atom is -0.507 e. The number of phenolic OH excluding ortho intramolecular Hbond substituents is 1. The zero-order chi connectivity index (χ0) is 15.0. The van der Waals surface area contributed by atoms with Gasteiger partial charge in [0.1, 0.15) is 22.9 Å². The van der Waals surface area contributed by atoms with Crippen molar-refractivity contribution < 1.29 is 18.7 Å². The molecule has 1 amide bonds. The van der Waals surface area contributed by atoms with E-state index < -0.39 is 28.9 Å². The van der Waals surface area contributed by atoms with Crippen molar-refractivity contribution in [2.75, 3.05) is 0 Å². The maximum atomic E-state index is 13.5. The van der Waals surface area contributed by atoms with Crippen LogP contribution in [0.25, 0.3) is 4.96 Å². The van der Waals surface area contributed by atoms with Crippen LogP contribution in [-0.4, -0.2) is 20.4 Å². The number of imidazole rings is 1. The molecule has 0 saturated heterocycles. The zero-order valence-corrected chi connectivity index (χ0v) is 11.3. The number of nitrogens with zero attached hydrogens (tertiary/aromatic N) is 2. The summed E-state index contributed by atoms with van der Waals surface area (Å²) in [6, 6.07) is 1.23. The summed E-state index contributed by atoms with van der Waals surface area (Å²) in [5, 5.41) is 13.8. The average Bonchev–Trinajstić information content (AvgIpc) is 2.95. The van der Waals surface area contributed by atoms with Crippen LogP contribution in [0.15, 0.2) is 29.9 Å². The third-order valence-corrected chi connectivity index (χ3v) is 3.61. The highest BCUT2D eigenvalue weighted by Gasteiger charge is 2.18. The van der Waals surface area contributed by atoms with E-state index >= 15 is 0 Å². The van der Waals surface area contributed by atoms with Gasteiger partial charge >= 0.3 is 0 Å². The number of halogens is 2. The number of benzene rings is 1. The molecule has 0 radical (unpaired) electrons. The number of rotatable bonds is 3. The molecular formula is C13H9F2N3O2S. The van der Waals surface area contributed by atoms with Crippen LogP contribution in [0.1, 0.15) is 16.1 Å². The Balaban J connectivity index is 1.76. The molecule has 0 aliphatic carbocycles. The molecule has 0 unspecified atom stereocenters. The van der Waals surface area contributed by atoms with Crippen molar-refractivity contribution in [3.05, 3.63) is 52.8 Å². The van der Waals surface area contributed by atoms with E-state index in [-0.39, 0.29) is 6.54 Å². The number of carbonyl (C=O) groups excluding carboxylic acids is 1. The first-order valence-electron chi connectivity index (χ1n) is 5.92. The Kier molecular flexibility index (Phi) is 3.30. The molecule has 3 rings (SSSR count). The van der Waals surface area contributed by atoms with Crippen molar-refractivity contribution in [1.82, 2.24) is 14.7 Å². The van der Waals surface area contributed by atoms with Crippen LogP contribution in [0.3, 0.4) is 0 Å². The second-order valence-corrected chi connectivity index (χ2v) is 5.16. The number of nitrogens with one attached hydrogen (secondary N) is 1. The lowest BCUT2D eigenvalue weighted by Gasteiger charge is -2.06. The second kappa shape index (κ2) is 5.13. The Morgan fingerprint density at radius 1 is 1.43 bits per heavy atom. The number of phenols is 1. The fraction of sp³-hybridized carbons (Fsp3) is 0.0769. The molecule has 0 bridgehead atoms. The molecule has 2 aromatic heterocycles. The predicted octanol–water partition coefficient (Wildman–Crippen LogP) is 2.31. The molecule has 1 aromatic carbocycles. The molecule has 0 aliphatic heterocycles. The SMILES string of the molecule is O=C(NCc1cn2ccsc2n1)c1c(O)cc(F)cc1F. The van der Waals surface area contributed by atoms with E-state index in [1.807, 2.05) is 11.6 Å². The number of amides is 1. The summed E-state index contributed by atoms with van der Waals surface area (Å²) < 4.78 is 28.2. The van der Waals surface area contributed by atoms with Gasteiger partial charge in [-0.25, -0.2) is 13.8 Å². The highest BCUT2D eigenvalue weighted by atomic mass is 32.1. The van der Waals surface area contributed by atoms with Crippen molar-refractivity contribution in [1.29, 1.82) is 0 Å². The van der Waals surface area contributed by atoms with Crippen molar-refractivity contribution in [3.63, 3.8) is 0 Å². The Morgan fingerprint density at radius 2 is 2.24 bits per heavy atom. The second-order valence-electron chi connectivity index (χ2n) is 4.29. The summed E-state index contributed by atoms with van der Waals surface area (Å²) >= 11 is 1.44. The van der Waals surface area contributed by atoms with Gasteiger partial charge in [-0.2, -0.15) is 0 Å². The van der Waals surface area contributed by atoms with Crippen molar-refractivity contribution in [2.24, 2.45) is 0 Å². The molecule has 0 atom stereocenters. The monoisotopic (exact) mass is 309 g/mol. The zero-order valence-electron chi connectivity index (χ0n) is 10.5. The third kappa shape index (κ3) is 2.57. The van der Waals surface area contributed by atoms with Gasteiger partial charge in [-0.05, 0) is 0 Å². The fourth-order valence-electron chi connectivity index (χ4n) is 1.91. The van der Waals surface area contributed by atoms with Gasteiger partial charge in [0, 0.05) is 29.9 Å². The van der Waals surface area contributed by atoms with Crippen LogP contribution in [0.2, 0.25) is 0 Å². The van der Waals surface area contributed by atoms with E-state index in [0.717, 1.165) is 4.96 Å². The van der Waals surface area contributed by atoms with Gasteiger partial charge in [-0.1, -0.05) is 0 Å². The lowest BCUT2D eigenvalue weighted by atomic mass is 10.1. The smallest absolute Gasteiger partial charge is 0.258 e. The molecule has 0 spiro atoms. The molecule has 0 aliphatic rings. The van der Waals surface area contributed by atoms with Gasteiger partial charge in [0.15, 0.2) is 4.96 Å². The van der Waals surface area contributed by atoms with E-state index in [2.05, 4.69) is 10.3 Å². The van der Waals surface area contributed by atoms with Gasteiger partial charge in [-0.15, -0.1) is 11.3 Å². The Labute approximate surface area is 121 Å². The van der Waals surface area contributed by atoms with Crippen LogP contribution in [0.5, 0.6) is 5.75 Å². The summed E-state index contributed by atoms with van der Waals surface area (Å²) in [7, 11) is 0. The standard InChI is InChI=1S/C13H9F2N3O2S/c14-7-3-9(15)11(10(19)4-7)12(20)16-5-8-6-18-1-2-21-13(18)17-8/h1-4,6,19H,5H2,(H,16,20). The first kappa shape index (κ1) is 13.5. The minimum atomic E-state index is -1.11. The molecule has 2 N–H and O–H groups in total. The lowest BCUT2D eigenvalue weighted by Crippen LogP contribution is -2.24. The highest BCUT2D eigenvalue weighted by Crippen LogP contribution is 2.22. The number of fused-ring (bicyclic) bond motifs is 1. The summed E-state index contributed by atoms with van der Waals surface area (Å²) in [5.74, 6) is -3.64. The fourth-order valence-corrected chi connectivity index (χ4v) is 2.62. The number of aromatic hydroxyl groups is 1. The molecule has 108 valence electrons. The minimum absolute atomic E-state index is 0.0729. The van der Waals surface area contributed by atoms with Crippen LogP contribution >= 0.6 is 11.3 Å². The maximum Gasteiger partial charge on any atom is 0.258 e. The number of hydrogen-bond donors (Lipinski definition) is 2. The van der Waals surface area contributed by atoms with E-state index in [9.17, 15) is 18.7 Å². The number of aromatic nitrogens is 2. The third-order valence-electron chi connectivity index (χ3n) is 2.83. The summed E-state index contributed by atoms with van der Waals surface area (Å²) in [4.78, 5) is 16.9. The van der Waals surface area contributed by atoms with Crippen molar-refractivity contribution >= 4 is 22.2 Å². The van der Waals surface area contributed by atoms with E-state index in [0.29, 0.717) is 17.8 Å². The van der Waals surface area contributed by atoms with E-state index in [1.165, 1.54) is 11.3 Å². The summed E-state index contributed by atoms with van der Waals surface area (Å²) in [5.41, 5.74) is 0.00892. The van der Waals surface area contributed by atoms with Crippen molar-refractivity contribution in [2.45, 2.75) is 6.54 Å². The number of hydrogen-bond acceptors (Lipinski definition) is 4. The molecule has 8 heteroatoms. The van der Waals surface area contributed by atoms with E-state index in [1.54, 1.807) is 10.6 Å². The molecule has 0 fully saturated rings. The molecule has 2 heterocycles. The van der Waals surface area contributed by atoms with Gasteiger partial charge in [0.25, 0.3) is 5.91 Å². The van der Waals surface area contributed by atoms with E-state index in [4.69, 9.17) is 0 Å². The average molecular weight is 309 g/mol. The molecule has 3 aromatic rings. The van der Waals surface area contributed by atoms with Gasteiger partial charge in [0.2, 0.25) is 0 Å². The first-order valence-corrected chi connectivity index (χ1v) is 6.80. The normalized spacial score (nSPS) is 11.0. The van der Waals surface area contributed by atoms with Crippen molar-refractivity contribution in [3.8, 4) is 5.75 Å². The molecule has 5 nitrogen and oxygen atoms in total. The molecule has 21 heavy (non-hydrogen) atoms. The Morgan fingerprint density at radius 3 is 2.95 bits per heavy atom.